The fraction of sp³-hybridized carbons (Fsp3) is 0.591. The van der Waals surface area contributed by atoms with Gasteiger partial charge in [-0.3, -0.25) is 9.59 Å². The number of carbonyl (C=O) groups excluding carboxylic acids is 3. The van der Waals surface area contributed by atoms with Crippen molar-refractivity contribution >= 4 is 17.8 Å². The zero-order valence-corrected chi connectivity index (χ0v) is 17.6. The Hall–Kier alpha value is -2.51. The number of esters is 1. The minimum absolute atomic E-state index is 0.00237. The van der Waals surface area contributed by atoms with E-state index in [0.717, 1.165) is 5.56 Å². The number of ether oxygens (including phenoxy) is 2. The smallest absolute Gasteiger partial charge is 0.408 e. The minimum atomic E-state index is -2.77. The summed E-state index contributed by atoms with van der Waals surface area (Å²) in [7, 11) is 0. The fourth-order valence-corrected chi connectivity index (χ4v) is 3.38. The molecule has 0 saturated heterocycles. The molecular weight excluding hydrogens is 396 g/mol. The number of benzene rings is 1. The predicted octanol–water partition coefficient (Wildman–Crippen LogP) is 4.41. The molecule has 30 heavy (non-hydrogen) atoms. The van der Waals surface area contributed by atoms with Gasteiger partial charge in [0.2, 0.25) is 5.92 Å². The monoisotopic (exact) mass is 425 g/mol. The van der Waals surface area contributed by atoms with Crippen LogP contribution in [0, 0.1) is 5.92 Å². The largest absolute Gasteiger partial charge is 0.460 e. The number of hydrogen-bond acceptors (Lipinski definition) is 5. The van der Waals surface area contributed by atoms with Crippen molar-refractivity contribution in [2.45, 2.75) is 77.0 Å². The maximum atomic E-state index is 13.5. The number of halogens is 2. The standard InChI is InChI=1S/C22H29F2NO5/c1-21(2,3)30-18(27)13-17(26)19(16-9-11-22(23,24)12-10-16)25-20(28)29-14-15-7-5-4-6-8-15/h4-8,16,19H,9-14H2,1-3H3,(H,25,28)/t19-/m0/s1. The molecule has 1 aromatic carbocycles. The molecule has 0 spiro atoms. The third-order valence-electron chi connectivity index (χ3n) is 4.80. The van der Waals surface area contributed by atoms with Gasteiger partial charge in [0.25, 0.3) is 0 Å². The normalized spacial score (nSPS) is 17.6. The Labute approximate surface area is 175 Å². The molecule has 1 aliphatic carbocycles. The summed E-state index contributed by atoms with van der Waals surface area (Å²) in [4.78, 5) is 37.1. The summed E-state index contributed by atoms with van der Waals surface area (Å²) >= 11 is 0. The van der Waals surface area contributed by atoms with E-state index in [4.69, 9.17) is 9.47 Å². The number of ketones is 1. The van der Waals surface area contributed by atoms with Crippen LogP contribution < -0.4 is 5.32 Å². The van der Waals surface area contributed by atoms with Crippen LogP contribution in [0.25, 0.3) is 0 Å². The Morgan fingerprint density at radius 2 is 1.73 bits per heavy atom. The third-order valence-corrected chi connectivity index (χ3v) is 4.80. The summed E-state index contributed by atoms with van der Waals surface area (Å²) in [5, 5.41) is 2.49. The highest BCUT2D eigenvalue weighted by atomic mass is 19.3. The maximum absolute atomic E-state index is 13.5. The summed E-state index contributed by atoms with van der Waals surface area (Å²) in [5.74, 6) is -4.57. The van der Waals surface area contributed by atoms with E-state index >= 15 is 0 Å². The zero-order chi connectivity index (χ0) is 22.4. The first-order valence-corrected chi connectivity index (χ1v) is 10.0. The van der Waals surface area contributed by atoms with Gasteiger partial charge in [-0.05, 0) is 45.1 Å². The lowest BCUT2D eigenvalue weighted by Crippen LogP contribution is -2.48. The van der Waals surface area contributed by atoms with E-state index in [1.807, 2.05) is 6.07 Å². The van der Waals surface area contributed by atoms with Gasteiger partial charge in [0, 0.05) is 12.8 Å². The molecule has 0 bridgehead atoms. The van der Waals surface area contributed by atoms with Gasteiger partial charge in [-0.2, -0.15) is 0 Å². The van der Waals surface area contributed by atoms with E-state index in [2.05, 4.69) is 5.32 Å². The molecule has 1 fully saturated rings. The van der Waals surface area contributed by atoms with E-state index in [0.29, 0.717) is 0 Å². The van der Waals surface area contributed by atoms with Gasteiger partial charge in [0.05, 0.1) is 6.04 Å². The second-order valence-corrected chi connectivity index (χ2v) is 8.61. The van der Waals surface area contributed by atoms with E-state index in [9.17, 15) is 23.2 Å². The van der Waals surface area contributed by atoms with Crippen LogP contribution in [0.15, 0.2) is 30.3 Å². The van der Waals surface area contributed by atoms with Crippen LogP contribution >= 0.6 is 0 Å². The van der Waals surface area contributed by atoms with Crippen molar-refractivity contribution in [1.29, 1.82) is 0 Å². The first kappa shape index (κ1) is 23.8. The van der Waals surface area contributed by atoms with Gasteiger partial charge in [-0.1, -0.05) is 30.3 Å². The molecule has 1 amide bonds. The SMILES string of the molecule is CC(C)(C)OC(=O)CC(=O)[C@@H](NC(=O)OCc1ccccc1)C1CCC(F)(F)CC1. The molecule has 0 unspecified atom stereocenters. The van der Waals surface area contributed by atoms with Crippen LogP contribution in [-0.4, -0.2) is 35.4 Å². The molecule has 6 nitrogen and oxygen atoms in total. The molecule has 2 rings (SSSR count). The second-order valence-electron chi connectivity index (χ2n) is 8.61. The average molecular weight is 425 g/mol. The van der Waals surface area contributed by atoms with E-state index in [-0.39, 0.29) is 32.3 Å². The molecule has 8 heteroatoms. The molecule has 0 aromatic heterocycles. The molecule has 1 N–H and O–H groups in total. The lowest BCUT2D eigenvalue weighted by Gasteiger charge is -2.33. The van der Waals surface area contributed by atoms with Gasteiger partial charge in [-0.25, -0.2) is 13.6 Å². The molecule has 166 valence electrons. The molecule has 0 heterocycles. The number of Topliss-reactive ketones (excluding diaryl/α,β-unsaturated/α-hetero) is 1. The van der Waals surface area contributed by atoms with Crippen LogP contribution in [0.4, 0.5) is 13.6 Å². The van der Waals surface area contributed by atoms with Gasteiger partial charge in [0.1, 0.15) is 18.6 Å². The average Bonchev–Trinajstić information content (AvgIpc) is 2.64. The van der Waals surface area contributed by atoms with Crippen LogP contribution in [-0.2, 0) is 25.7 Å². The summed E-state index contributed by atoms with van der Waals surface area (Å²) in [6.07, 6.45) is -1.98. The number of alkyl halides is 2. The Kier molecular flexibility index (Phi) is 7.92. The Morgan fingerprint density at radius 1 is 1.13 bits per heavy atom. The number of nitrogens with one attached hydrogen (secondary N) is 1. The van der Waals surface area contributed by atoms with Gasteiger partial charge in [0.15, 0.2) is 5.78 Å². The highest BCUT2D eigenvalue weighted by Gasteiger charge is 2.41. The number of rotatable bonds is 7. The Balaban J connectivity index is 2.02. The topological polar surface area (TPSA) is 81.7 Å². The van der Waals surface area contributed by atoms with Crippen molar-refractivity contribution in [3.63, 3.8) is 0 Å². The number of alkyl carbamates (subject to hydrolysis) is 1. The first-order valence-electron chi connectivity index (χ1n) is 10.0. The van der Waals surface area contributed by atoms with E-state index < -0.39 is 47.7 Å². The lowest BCUT2D eigenvalue weighted by atomic mass is 9.80. The number of carbonyl (C=O) groups is 3. The van der Waals surface area contributed by atoms with Crippen LogP contribution in [0.3, 0.4) is 0 Å². The van der Waals surface area contributed by atoms with E-state index in [1.165, 1.54) is 0 Å². The second kappa shape index (κ2) is 10.00. The van der Waals surface area contributed by atoms with Gasteiger partial charge < -0.3 is 14.8 Å². The molecular formula is C22H29F2NO5. The lowest BCUT2D eigenvalue weighted by molar-refractivity contribution is -0.156. The Bertz CT molecular complexity index is 736. The van der Waals surface area contributed by atoms with E-state index in [1.54, 1.807) is 45.0 Å². The van der Waals surface area contributed by atoms with Crippen molar-refractivity contribution in [2.24, 2.45) is 5.92 Å². The predicted molar refractivity (Wildman–Crippen MR) is 106 cm³/mol. The summed E-state index contributed by atoms with van der Waals surface area (Å²) in [5.41, 5.74) is 0.00326. The van der Waals surface area contributed by atoms with Crippen molar-refractivity contribution in [3.05, 3.63) is 35.9 Å². The van der Waals surface area contributed by atoms with Crippen LogP contribution in [0.5, 0.6) is 0 Å². The first-order chi connectivity index (χ1) is 14.0. The zero-order valence-electron chi connectivity index (χ0n) is 17.6. The van der Waals surface area contributed by atoms with Crippen molar-refractivity contribution < 1.29 is 32.6 Å². The summed E-state index contributed by atoms with van der Waals surface area (Å²) in [6, 6.07) is 7.89. The minimum Gasteiger partial charge on any atom is -0.460 e. The third kappa shape index (κ3) is 8.08. The highest BCUT2D eigenvalue weighted by Crippen LogP contribution is 2.37. The number of hydrogen-bond donors (Lipinski definition) is 1. The van der Waals surface area contributed by atoms with Gasteiger partial charge in [-0.15, -0.1) is 0 Å². The highest BCUT2D eigenvalue weighted by molar-refractivity contribution is 5.99. The van der Waals surface area contributed by atoms with Crippen molar-refractivity contribution in [3.8, 4) is 0 Å². The van der Waals surface area contributed by atoms with Crippen molar-refractivity contribution in [1.82, 2.24) is 5.32 Å². The number of amides is 1. The summed E-state index contributed by atoms with van der Waals surface area (Å²) < 4.78 is 37.4. The molecule has 0 radical (unpaired) electrons. The van der Waals surface area contributed by atoms with Crippen LogP contribution in [0.2, 0.25) is 0 Å². The van der Waals surface area contributed by atoms with Crippen molar-refractivity contribution in [2.75, 3.05) is 0 Å². The quantitative estimate of drug-likeness (QED) is 0.517. The molecule has 1 saturated carbocycles. The fourth-order valence-electron chi connectivity index (χ4n) is 3.38. The summed E-state index contributed by atoms with van der Waals surface area (Å²) in [6.45, 7) is 5.03. The van der Waals surface area contributed by atoms with Crippen LogP contribution in [0.1, 0.15) is 58.4 Å². The van der Waals surface area contributed by atoms with Gasteiger partial charge >= 0.3 is 12.1 Å². The molecule has 1 aromatic rings. The molecule has 1 atom stereocenters. The maximum Gasteiger partial charge on any atom is 0.408 e. The Morgan fingerprint density at radius 3 is 2.30 bits per heavy atom. The molecule has 0 aliphatic heterocycles. The molecule has 1 aliphatic rings.